The minimum Gasteiger partial charge on any atom is -0.491 e. The molecule has 2 aliphatic rings. The van der Waals surface area contributed by atoms with E-state index >= 15 is 0 Å². The summed E-state index contributed by atoms with van der Waals surface area (Å²) in [5.41, 5.74) is 1.08. The standard InChI is InChI=1S/C21H26FN3O3S/c1-15-14-29-20(23-15)11-24-8-6-17(7-9-24)25-10-19(28-13-21(25)26)12-27-18-4-2-16(22)3-5-18/h2-5,14,17,19H,6-13H2,1H3. The zero-order chi connectivity index (χ0) is 20.2. The van der Waals surface area contributed by atoms with Gasteiger partial charge in [-0.1, -0.05) is 0 Å². The number of carbonyl (C=O) groups excluding carboxylic acids is 1. The lowest BCUT2D eigenvalue weighted by atomic mass is 10.0. The fraction of sp³-hybridized carbons (Fsp3) is 0.524. The molecule has 1 atom stereocenters. The molecule has 1 aromatic carbocycles. The number of rotatable bonds is 6. The minimum atomic E-state index is -0.292. The van der Waals surface area contributed by atoms with Crippen LogP contribution in [0.1, 0.15) is 23.5 Å². The Morgan fingerprint density at radius 1 is 1.28 bits per heavy atom. The summed E-state index contributed by atoms with van der Waals surface area (Å²) in [4.78, 5) is 21.3. The number of ether oxygens (including phenoxy) is 2. The summed E-state index contributed by atoms with van der Waals surface area (Å²) in [6.07, 6.45) is 1.75. The first-order valence-electron chi connectivity index (χ1n) is 9.99. The van der Waals surface area contributed by atoms with Crippen molar-refractivity contribution in [2.45, 2.75) is 38.5 Å². The molecule has 2 aromatic rings. The van der Waals surface area contributed by atoms with E-state index in [-0.39, 0.29) is 30.5 Å². The third kappa shape index (κ3) is 5.32. The van der Waals surface area contributed by atoms with Crippen LogP contribution >= 0.6 is 11.3 Å². The number of benzene rings is 1. The van der Waals surface area contributed by atoms with Crippen molar-refractivity contribution in [1.29, 1.82) is 0 Å². The zero-order valence-corrected chi connectivity index (χ0v) is 17.4. The number of hydrogen-bond donors (Lipinski definition) is 0. The van der Waals surface area contributed by atoms with Gasteiger partial charge in [0.15, 0.2) is 0 Å². The smallest absolute Gasteiger partial charge is 0.248 e. The zero-order valence-electron chi connectivity index (χ0n) is 16.6. The summed E-state index contributed by atoms with van der Waals surface area (Å²) in [6, 6.07) is 6.18. The average Bonchev–Trinajstić information content (AvgIpc) is 3.14. The number of piperidine rings is 1. The third-order valence-electron chi connectivity index (χ3n) is 5.44. The van der Waals surface area contributed by atoms with Crippen molar-refractivity contribution in [1.82, 2.24) is 14.8 Å². The topological polar surface area (TPSA) is 54.9 Å². The first kappa shape index (κ1) is 20.3. The van der Waals surface area contributed by atoms with E-state index in [1.54, 1.807) is 23.5 Å². The molecule has 0 bridgehead atoms. The Bertz CT molecular complexity index is 821. The number of hydrogen-bond acceptors (Lipinski definition) is 6. The van der Waals surface area contributed by atoms with Crippen LogP contribution in [-0.2, 0) is 16.1 Å². The van der Waals surface area contributed by atoms with Crippen molar-refractivity contribution in [2.75, 3.05) is 32.8 Å². The summed E-state index contributed by atoms with van der Waals surface area (Å²) in [5.74, 6) is 0.362. The number of aromatic nitrogens is 1. The van der Waals surface area contributed by atoms with Crippen molar-refractivity contribution in [3.63, 3.8) is 0 Å². The number of carbonyl (C=O) groups is 1. The van der Waals surface area contributed by atoms with Gasteiger partial charge >= 0.3 is 0 Å². The highest BCUT2D eigenvalue weighted by atomic mass is 32.1. The Morgan fingerprint density at radius 2 is 2.03 bits per heavy atom. The predicted molar refractivity (Wildman–Crippen MR) is 108 cm³/mol. The second-order valence-electron chi connectivity index (χ2n) is 7.63. The maximum absolute atomic E-state index is 13.0. The number of halogens is 1. The second kappa shape index (κ2) is 9.19. The quantitative estimate of drug-likeness (QED) is 0.721. The Balaban J connectivity index is 1.26. The van der Waals surface area contributed by atoms with Crippen molar-refractivity contribution >= 4 is 17.2 Å². The highest BCUT2D eigenvalue weighted by molar-refractivity contribution is 7.09. The molecule has 156 valence electrons. The highest BCUT2D eigenvalue weighted by Gasteiger charge is 2.34. The van der Waals surface area contributed by atoms with Gasteiger partial charge < -0.3 is 14.4 Å². The van der Waals surface area contributed by atoms with Crippen LogP contribution in [0, 0.1) is 12.7 Å². The first-order valence-corrected chi connectivity index (χ1v) is 10.9. The van der Waals surface area contributed by atoms with E-state index in [0.717, 1.165) is 43.2 Å². The van der Waals surface area contributed by atoms with E-state index < -0.39 is 0 Å². The molecule has 8 heteroatoms. The van der Waals surface area contributed by atoms with Crippen LogP contribution in [0.5, 0.6) is 5.75 Å². The number of morpholine rings is 1. The Labute approximate surface area is 174 Å². The monoisotopic (exact) mass is 419 g/mol. The van der Waals surface area contributed by atoms with E-state index in [9.17, 15) is 9.18 Å². The summed E-state index contributed by atoms with van der Waals surface area (Å²) < 4.78 is 24.4. The summed E-state index contributed by atoms with van der Waals surface area (Å²) in [6.45, 7) is 5.81. The fourth-order valence-electron chi connectivity index (χ4n) is 3.88. The SMILES string of the molecule is Cc1csc(CN2CCC(N3CC(COc4ccc(F)cc4)OCC3=O)CC2)n1. The molecule has 0 saturated carbocycles. The molecule has 1 aromatic heterocycles. The molecule has 2 aliphatic heterocycles. The van der Waals surface area contributed by atoms with Gasteiger partial charge in [0.1, 0.15) is 35.9 Å². The average molecular weight is 420 g/mol. The van der Waals surface area contributed by atoms with Crippen molar-refractivity contribution in [3.8, 4) is 5.75 Å². The van der Waals surface area contributed by atoms with Crippen LogP contribution in [0.15, 0.2) is 29.6 Å². The largest absolute Gasteiger partial charge is 0.491 e. The van der Waals surface area contributed by atoms with E-state index in [2.05, 4.69) is 15.3 Å². The van der Waals surface area contributed by atoms with Crippen LogP contribution < -0.4 is 4.74 Å². The molecular formula is C21H26FN3O3S. The lowest BCUT2D eigenvalue weighted by molar-refractivity contribution is -0.155. The Morgan fingerprint density at radius 3 is 2.72 bits per heavy atom. The van der Waals surface area contributed by atoms with Crippen LogP contribution in [0.2, 0.25) is 0 Å². The van der Waals surface area contributed by atoms with Gasteiger partial charge in [-0.25, -0.2) is 9.37 Å². The van der Waals surface area contributed by atoms with Gasteiger partial charge in [0.25, 0.3) is 0 Å². The van der Waals surface area contributed by atoms with Crippen LogP contribution in [0.4, 0.5) is 4.39 Å². The summed E-state index contributed by atoms with van der Waals surface area (Å²) in [5, 5.41) is 3.24. The van der Waals surface area contributed by atoms with Gasteiger partial charge in [-0.2, -0.15) is 0 Å². The molecule has 6 nitrogen and oxygen atoms in total. The summed E-state index contributed by atoms with van der Waals surface area (Å²) in [7, 11) is 0. The fourth-order valence-corrected chi connectivity index (χ4v) is 4.69. The number of nitrogens with zero attached hydrogens (tertiary/aromatic N) is 3. The van der Waals surface area contributed by atoms with Gasteiger partial charge in [-0.3, -0.25) is 9.69 Å². The van der Waals surface area contributed by atoms with E-state index in [1.165, 1.54) is 12.1 Å². The van der Waals surface area contributed by atoms with Crippen molar-refractivity contribution < 1.29 is 18.7 Å². The molecule has 1 amide bonds. The van der Waals surface area contributed by atoms with Crippen LogP contribution in [0.3, 0.4) is 0 Å². The first-order chi connectivity index (χ1) is 14.1. The molecule has 2 saturated heterocycles. The lowest BCUT2D eigenvalue weighted by Gasteiger charge is -2.42. The number of amides is 1. The number of thiazole rings is 1. The molecule has 2 fully saturated rings. The van der Waals surface area contributed by atoms with E-state index in [0.29, 0.717) is 18.9 Å². The van der Waals surface area contributed by atoms with Gasteiger partial charge in [-0.05, 0) is 44.0 Å². The van der Waals surface area contributed by atoms with E-state index in [4.69, 9.17) is 9.47 Å². The molecule has 4 rings (SSSR count). The summed E-state index contributed by atoms with van der Waals surface area (Å²) >= 11 is 1.71. The maximum atomic E-state index is 13.0. The lowest BCUT2D eigenvalue weighted by Crippen LogP contribution is -2.55. The normalized spacial score (nSPS) is 21.5. The number of likely N-dealkylation sites (tertiary alicyclic amines) is 1. The molecule has 1 unspecified atom stereocenters. The molecule has 3 heterocycles. The Kier molecular flexibility index (Phi) is 6.42. The van der Waals surface area contributed by atoms with Gasteiger partial charge in [0.05, 0.1) is 13.1 Å². The third-order valence-corrected chi connectivity index (χ3v) is 6.39. The Hall–Kier alpha value is -2.03. The van der Waals surface area contributed by atoms with Crippen molar-refractivity contribution in [2.24, 2.45) is 0 Å². The van der Waals surface area contributed by atoms with Gasteiger partial charge in [0, 0.05) is 30.2 Å². The maximum Gasteiger partial charge on any atom is 0.248 e. The van der Waals surface area contributed by atoms with E-state index in [1.807, 2.05) is 11.8 Å². The van der Waals surface area contributed by atoms with Gasteiger partial charge in [-0.15, -0.1) is 11.3 Å². The number of aryl methyl sites for hydroxylation is 1. The van der Waals surface area contributed by atoms with Crippen LogP contribution in [0.25, 0.3) is 0 Å². The molecule has 0 N–H and O–H groups in total. The molecule has 0 radical (unpaired) electrons. The predicted octanol–water partition coefficient (Wildman–Crippen LogP) is 2.86. The second-order valence-corrected chi connectivity index (χ2v) is 8.58. The molecular weight excluding hydrogens is 393 g/mol. The molecule has 29 heavy (non-hydrogen) atoms. The van der Waals surface area contributed by atoms with Crippen molar-refractivity contribution in [3.05, 3.63) is 46.2 Å². The minimum absolute atomic E-state index is 0.0528. The van der Waals surface area contributed by atoms with Crippen LogP contribution in [-0.4, -0.2) is 65.7 Å². The molecule has 0 spiro atoms. The molecule has 0 aliphatic carbocycles. The highest BCUT2D eigenvalue weighted by Crippen LogP contribution is 2.22. The van der Waals surface area contributed by atoms with Gasteiger partial charge in [0.2, 0.25) is 5.91 Å².